The number of carbonyl (C=O) groups is 2. The van der Waals surface area contributed by atoms with Gasteiger partial charge in [0.15, 0.2) is 0 Å². The maximum atomic E-state index is 12.7. The first kappa shape index (κ1) is 17.7. The number of nitrogens with one attached hydrogen (secondary N) is 2. The number of aryl methyl sites for hydroxylation is 1. The molecule has 2 aliphatic heterocycles. The molecule has 1 atom stereocenters. The lowest BCUT2D eigenvalue weighted by Crippen LogP contribution is -2.45. The van der Waals surface area contributed by atoms with E-state index in [2.05, 4.69) is 16.7 Å². The third kappa shape index (κ3) is 4.69. The summed E-state index contributed by atoms with van der Waals surface area (Å²) in [5.41, 5.74) is 3.13. The topological polar surface area (TPSA) is 61.4 Å². The largest absolute Gasteiger partial charge is 0.352 e. The Hall–Kier alpha value is -2.14. The standard InChI is InChI=1S/C20H27N3O2/c1-15-4-6-17(7-5-15)20(25)23-12-2-3-18(14-23)19(24)22-13-16-8-10-21-11-9-16/h4-8,18,21H,2-3,9-14H2,1H3,(H,22,24). The van der Waals surface area contributed by atoms with E-state index in [0.29, 0.717) is 18.7 Å². The van der Waals surface area contributed by atoms with E-state index >= 15 is 0 Å². The van der Waals surface area contributed by atoms with Crippen LogP contribution in [-0.2, 0) is 4.79 Å². The fraction of sp³-hybridized carbons (Fsp3) is 0.500. The quantitative estimate of drug-likeness (QED) is 0.822. The Morgan fingerprint density at radius 1 is 1.28 bits per heavy atom. The average molecular weight is 341 g/mol. The molecule has 1 aromatic carbocycles. The molecule has 1 unspecified atom stereocenters. The molecule has 2 heterocycles. The first-order valence-electron chi connectivity index (χ1n) is 9.16. The normalized spacial score (nSPS) is 20.8. The van der Waals surface area contributed by atoms with Crippen molar-refractivity contribution in [2.75, 3.05) is 32.7 Å². The molecule has 2 N–H and O–H groups in total. The Morgan fingerprint density at radius 2 is 2.08 bits per heavy atom. The van der Waals surface area contributed by atoms with Crippen molar-refractivity contribution < 1.29 is 9.59 Å². The van der Waals surface area contributed by atoms with Crippen molar-refractivity contribution in [3.8, 4) is 0 Å². The summed E-state index contributed by atoms with van der Waals surface area (Å²) < 4.78 is 0. The van der Waals surface area contributed by atoms with Crippen molar-refractivity contribution in [2.45, 2.75) is 26.2 Å². The molecule has 0 saturated carbocycles. The molecular formula is C20H27N3O2. The van der Waals surface area contributed by atoms with Gasteiger partial charge in [0.05, 0.1) is 5.92 Å². The highest BCUT2D eigenvalue weighted by Crippen LogP contribution is 2.19. The van der Waals surface area contributed by atoms with Crippen molar-refractivity contribution in [1.82, 2.24) is 15.5 Å². The molecule has 0 radical (unpaired) electrons. The minimum Gasteiger partial charge on any atom is -0.352 e. The number of hydrogen-bond donors (Lipinski definition) is 2. The molecule has 2 amide bonds. The summed E-state index contributed by atoms with van der Waals surface area (Å²) in [4.78, 5) is 27.0. The van der Waals surface area contributed by atoms with Gasteiger partial charge in [0.1, 0.15) is 0 Å². The van der Waals surface area contributed by atoms with Crippen molar-refractivity contribution >= 4 is 11.8 Å². The van der Waals surface area contributed by atoms with Crippen LogP contribution in [0.1, 0.15) is 35.2 Å². The molecule has 0 bridgehead atoms. The van der Waals surface area contributed by atoms with E-state index in [9.17, 15) is 9.59 Å². The van der Waals surface area contributed by atoms with E-state index < -0.39 is 0 Å². The first-order valence-corrected chi connectivity index (χ1v) is 9.16. The van der Waals surface area contributed by atoms with E-state index in [1.807, 2.05) is 36.1 Å². The van der Waals surface area contributed by atoms with E-state index in [1.165, 1.54) is 5.57 Å². The Morgan fingerprint density at radius 3 is 2.80 bits per heavy atom. The average Bonchev–Trinajstić information content (AvgIpc) is 2.67. The molecule has 0 aliphatic carbocycles. The van der Waals surface area contributed by atoms with E-state index in [4.69, 9.17) is 0 Å². The lowest BCUT2D eigenvalue weighted by molar-refractivity contribution is -0.126. The van der Waals surface area contributed by atoms with Crippen molar-refractivity contribution in [3.05, 3.63) is 47.0 Å². The second-order valence-corrected chi connectivity index (χ2v) is 6.99. The van der Waals surface area contributed by atoms with Crippen molar-refractivity contribution in [2.24, 2.45) is 5.92 Å². The first-order chi connectivity index (χ1) is 12.1. The van der Waals surface area contributed by atoms with Crippen LogP contribution >= 0.6 is 0 Å². The number of nitrogens with zero attached hydrogens (tertiary/aromatic N) is 1. The van der Waals surface area contributed by atoms with Gasteiger partial charge < -0.3 is 15.5 Å². The molecule has 25 heavy (non-hydrogen) atoms. The smallest absolute Gasteiger partial charge is 0.253 e. The fourth-order valence-electron chi connectivity index (χ4n) is 3.43. The predicted octanol–water partition coefficient (Wildman–Crippen LogP) is 1.88. The Balaban J connectivity index is 1.54. The second-order valence-electron chi connectivity index (χ2n) is 6.99. The molecule has 3 rings (SSSR count). The fourth-order valence-corrected chi connectivity index (χ4v) is 3.43. The van der Waals surface area contributed by atoms with Gasteiger partial charge in [-0.25, -0.2) is 0 Å². The molecule has 5 heteroatoms. The van der Waals surface area contributed by atoms with Crippen LogP contribution in [0.3, 0.4) is 0 Å². The Labute approximate surface area is 149 Å². The molecule has 1 saturated heterocycles. The molecule has 1 fully saturated rings. The minimum absolute atomic E-state index is 0.0264. The summed E-state index contributed by atoms with van der Waals surface area (Å²) in [6, 6.07) is 7.64. The summed E-state index contributed by atoms with van der Waals surface area (Å²) in [6.07, 6.45) is 4.87. The summed E-state index contributed by atoms with van der Waals surface area (Å²) >= 11 is 0. The number of benzene rings is 1. The van der Waals surface area contributed by atoms with Crippen LogP contribution in [0.2, 0.25) is 0 Å². The summed E-state index contributed by atoms with van der Waals surface area (Å²) in [5, 5.41) is 6.33. The van der Waals surface area contributed by atoms with E-state index in [0.717, 1.165) is 44.5 Å². The predicted molar refractivity (Wildman–Crippen MR) is 98.4 cm³/mol. The van der Waals surface area contributed by atoms with Gasteiger partial charge in [-0.05, 0) is 44.9 Å². The minimum atomic E-state index is -0.106. The molecule has 1 aromatic rings. The Kier molecular flexibility index (Phi) is 5.87. The third-order valence-electron chi connectivity index (χ3n) is 5.03. The Bertz CT molecular complexity index is 651. The lowest BCUT2D eigenvalue weighted by Gasteiger charge is -2.32. The number of likely N-dealkylation sites (tertiary alicyclic amines) is 1. The van der Waals surface area contributed by atoms with Crippen LogP contribution in [0.25, 0.3) is 0 Å². The van der Waals surface area contributed by atoms with Gasteiger partial charge in [-0.1, -0.05) is 29.3 Å². The van der Waals surface area contributed by atoms with Gasteiger partial charge in [-0.2, -0.15) is 0 Å². The number of hydrogen-bond acceptors (Lipinski definition) is 3. The number of amides is 2. The molecule has 134 valence electrons. The zero-order valence-corrected chi connectivity index (χ0v) is 14.9. The van der Waals surface area contributed by atoms with Crippen LogP contribution in [0, 0.1) is 12.8 Å². The van der Waals surface area contributed by atoms with E-state index in [1.54, 1.807) is 0 Å². The van der Waals surface area contributed by atoms with Gasteiger partial charge in [0, 0.05) is 31.7 Å². The zero-order chi connectivity index (χ0) is 17.6. The van der Waals surface area contributed by atoms with Crippen LogP contribution < -0.4 is 10.6 Å². The SMILES string of the molecule is Cc1ccc(C(=O)N2CCCC(C(=O)NCC3=CCNCC3)C2)cc1. The number of piperidine rings is 1. The molecule has 2 aliphatic rings. The van der Waals surface area contributed by atoms with Gasteiger partial charge >= 0.3 is 0 Å². The van der Waals surface area contributed by atoms with Crippen LogP contribution in [0.4, 0.5) is 0 Å². The summed E-state index contributed by atoms with van der Waals surface area (Å²) in [6.45, 7) is 5.74. The molecule has 0 spiro atoms. The molecule has 5 nitrogen and oxygen atoms in total. The number of carbonyl (C=O) groups excluding carboxylic acids is 2. The van der Waals surface area contributed by atoms with Crippen LogP contribution in [0.15, 0.2) is 35.9 Å². The van der Waals surface area contributed by atoms with Crippen LogP contribution in [0.5, 0.6) is 0 Å². The zero-order valence-electron chi connectivity index (χ0n) is 14.9. The van der Waals surface area contributed by atoms with Gasteiger partial charge in [0.25, 0.3) is 5.91 Å². The van der Waals surface area contributed by atoms with Gasteiger partial charge in [-0.15, -0.1) is 0 Å². The highest BCUT2D eigenvalue weighted by molar-refractivity contribution is 5.94. The van der Waals surface area contributed by atoms with Gasteiger partial charge in [-0.3, -0.25) is 9.59 Å². The second kappa shape index (κ2) is 8.30. The maximum absolute atomic E-state index is 12.7. The van der Waals surface area contributed by atoms with Crippen molar-refractivity contribution in [3.63, 3.8) is 0 Å². The third-order valence-corrected chi connectivity index (χ3v) is 5.03. The van der Waals surface area contributed by atoms with Crippen molar-refractivity contribution in [1.29, 1.82) is 0 Å². The van der Waals surface area contributed by atoms with Crippen LogP contribution in [-0.4, -0.2) is 49.4 Å². The van der Waals surface area contributed by atoms with Gasteiger partial charge in [0.2, 0.25) is 5.91 Å². The lowest BCUT2D eigenvalue weighted by atomic mass is 9.96. The molecular weight excluding hydrogens is 314 g/mol. The number of rotatable bonds is 4. The maximum Gasteiger partial charge on any atom is 0.253 e. The molecule has 0 aromatic heterocycles. The highest BCUT2D eigenvalue weighted by atomic mass is 16.2. The van der Waals surface area contributed by atoms with E-state index in [-0.39, 0.29) is 17.7 Å². The monoisotopic (exact) mass is 341 g/mol. The highest BCUT2D eigenvalue weighted by Gasteiger charge is 2.28. The summed E-state index contributed by atoms with van der Waals surface area (Å²) in [7, 11) is 0. The summed E-state index contributed by atoms with van der Waals surface area (Å²) in [5.74, 6) is -0.00938.